The first kappa shape index (κ1) is 10.3. The molecule has 1 aromatic heterocycles. The lowest BCUT2D eigenvalue weighted by molar-refractivity contribution is 0.0917. The number of aromatic nitrogens is 2. The number of hydrogen-bond donors (Lipinski definition) is 1. The number of nitrogens with one attached hydrogen (secondary N) is 1. The molecule has 0 bridgehead atoms. The van der Waals surface area contributed by atoms with Crippen LogP contribution >= 0.6 is 0 Å². The number of benzene rings is 1. The second-order valence-corrected chi connectivity index (χ2v) is 4.66. The van der Waals surface area contributed by atoms with Gasteiger partial charge < -0.3 is 9.88 Å². The normalized spacial score (nSPS) is 15.8. The van der Waals surface area contributed by atoms with E-state index < -0.39 is 0 Å². The first-order valence-electron chi connectivity index (χ1n) is 5.96. The first-order valence-corrected chi connectivity index (χ1v) is 5.96. The van der Waals surface area contributed by atoms with Crippen molar-refractivity contribution in [3.8, 4) is 0 Å². The van der Waals surface area contributed by atoms with Crippen LogP contribution in [0.15, 0.2) is 24.5 Å². The molecule has 1 fully saturated rings. The van der Waals surface area contributed by atoms with Gasteiger partial charge in [0.25, 0.3) is 5.91 Å². The molecule has 1 aliphatic carbocycles. The number of fused-ring (bicyclic) bond motifs is 1. The summed E-state index contributed by atoms with van der Waals surface area (Å²) < 4.78 is 1.95. The van der Waals surface area contributed by atoms with Gasteiger partial charge in [0.2, 0.25) is 0 Å². The minimum Gasteiger partial charge on any atom is -0.349 e. The summed E-state index contributed by atoms with van der Waals surface area (Å²) in [5, 5.41) is 3.03. The molecule has 0 radical (unpaired) electrons. The van der Waals surface area contributed by atoms with Gasteiger partial charge in [0, 0.05) is 18.7 Å². The van der Waals surface area contributed by atoms with Crippen molar-refractivity contribution >= 4 is 16.9 Å². The van der Waals surface area contributed by atoms with Gasteiger partial charge in [-0.1, -0.05) is 0 Å². The Morgan fingerprint density at radius 1 is 1.47 bits per heavy atom. The predicted molar refractivity (Wildman–Crippen MR) is 65.8 cm³/mol. The minimum atomic E-state index is 0.0160. The molecule has 0 atom stereocenters. The SMILES string of the molecule is Cn1cnc2cc(C(=O)NC3CCC3)ccc21. The van der Waals surface area contributed by atoms with Gasteiger partial charge >= 0.3 is 0 Å². The Balaban J connectivity index is 1.86. The molecule has 0 spiro atoms. The molecule has 1 heterocycles. The molecule has 1 aliphatic rings. The Labute approximate surface area is 99.6 Å². The van der Waals surface area contributed by atoms with Crippen LogP contribution in [-0.2, 0) is 7.05 Å². The zero-order valence-corrected chi connectivity index (χ0v) is 9.81. The quantitative estimate of drug-likeness (QED) is 0.854. The summed E-state index contributed by atoms with van der Waals surface area (Å²) in [6.45, 7) is 0. The molecule has 1 aromatic carbocycles. The van der Waals surface area contributed by atoms with Crippen LogP contribution in [0.4, 0.5) is 0 Å². The van der Waals surface area contributed by atoms with Gasteiger partial charge in [-0.25, -0.2) is 4.98 Å². The van der Waals surface area contributed by atoms with E-state index >= 15 is 0 Å². The van der Waals surface area contributed by atoms with Gasteiger partial charge in [0.1, 0.15) is 0 Å². The van der Waals surface area contributed by atoms with Gasteiger partial charge in [0.15, 0.2) is 0 Å². The number of imidazole rings is 1. The molecule has 4 nitrogen and oxygen atoms in total. The highest BCUT2D eigenvalue weighted by molar-refractivity contribution is 5.97. The second kappa shape index (κ2) is 3.87. The fourth-order valence-corrected chi connectivity index (χ4v) is 2.10. The van der Waals surface area contributed by atoms with E-state index in [9.17, 15) is 4.79 Å². The number of nitrogens with zero attached hydrogens (tertiary/aromatic N) is 2. The number of carbonyl (C=O) groups excluding carboxylic acids is 1. The zero-order valence-electron chi connectivity index (χ0n) is 9.81. The van der Waals surface area contributed by atoms with Gasteiger partial charge in [-0.2, -0.15) is 0 Å². The lowest BCUT2D eigenvalue weighted by Gasteiger charge is -2.26. The number of hydrogen-bond acceptors (Lipinski definition) is 2. The Bertz CT molecular complexity index is 569. The monoisotopic (exact) mass is 229 g/mol. The van der Waals surface area contributed by atoms with Crippen LogP contribution in [0.2, 0.25) is 0 Å². The molecule has 17 heavy (non-hydrogen) atoms. The fraction of sp³-hybridized carbons (Fsp3) is 0.385. The zero-order chi connectivity index (χ0) is 11.8. The van der Waals surface area contributed by atoms with Gasteiger partial charge in [-0.05, 0) is 37.5 Å². The summed E-state index contributed by atoms with van der Waals surface area (Å²) in [4.78, 5) is 16.2. The average Bonchev–Trinajstić information content (AvgIpc) is 2.65. The van der Waals surface area contributed by atoms with Crippen LogP contribution < -0.4 is 5.32 Å². The van der Waals surface area contributed by atoms with Crippen molar-refractivity contribution in [3.63, 3.8) is 0 Å². The summed E-state index contributed by atoms with van der Waals surface area (Å²) in [5.74, 6) is 0.0160. The molecule has 1 amide bonds. The van der Waals surface area contributed by atoms with E-state index in [0.717, 1.165) is 23.9 Å². The number of aryl methyl sites for hydroxylation is 1. The molecule has 3 rings (SSSR count). The third-order valence-electron chi connectivity index (χ3n) is 3.43. The molecular weight excluding hydrogens is 214 g/mol. The maximum atomic E-state index is 12.0. The number of rotatable bonds is 2. The summed E-state index contributed by atoms with van der Waals surface area (Å²) in [5.41, 5.74) is 2.61. The van der Waals surface area contributed by atoms with Crippen molar-refractivity contribution in [2.75, 3.05) is 0 Å². The predicted octanol–water partition coefficient (Wildman–Crippen LogP) is 1.86. The van der Waals surface area contributed by atoms with Crippen molar-refractivity contribution < 1.29 is 4.79 Å². The molecule has 1 N–H and O–H groups in total. The van der Waals surface area contributed by atoms with Crippen molar-refractivity contribution in [2.24, 2.45) is 7.05 Å². The van der Waals surface area contributed by atoms with Crippen LogP contribution in [0.5, 0.6) is 0 Å². The third-order valence-corrected chi connectivity index (χ3v) is 3.43. The molecular formula is C13H15N3O. The fourth-order valence-electron chi connectivity index (χ4n) is 2.10. The van der Waals surface area contributed by atoms with Gasteiger partial charge in [0.05, 0.1) is 17.4 Å². The van der Waals surface area contributed by atoms with E-state index in [2.05, 4.69) is 10.3 Å². The molecule has 88 valence electrons. The van der Waals surface area contributed by atoms with Crippen molar-refractivity contribution in [1.29, 1.82) is 0 Å². The maximum absolute atomic E-state index is 12.0. The average molecular weight is 229 g/mol. The molecule has 1 saturated carbocycles. The first-order chi connectivity index (χ1) is 8.24. The summed E-state index contributed by atoms with van der Waals surface area (Å²) >= 11 is 0. The highest BCUT2D eigenvalue weighted by Gasteiger charge is 2.20. The van der Waals surface area contributed by atoms with E-state index in [1.165, 1.54) is 6.42 Å². The number of amides is 1. The van der Waals surface area contributed by atoms with Crippen LogP contribution in [0, 0.1) is 0 Å². The van der Waals surface area contributed by atoms with Crippen molar-refractivity contribution in [3.05, 3.63) is 30.1 Å². The van der Waals surface area contributed by atoms with E-state index in [0.29, 0.717) is 11.6 Å². The molecule has 4 heteroatoms. The third kappa shape index (κ3) is 1.79. The topological polar surface area (TPSA) is 46.9 Å². The minimum absolute atomic E-state index is 0.0160. The maximum Gasteiger partial charge on any atom is 0.251 e. The van der Waals surface area contributed by atoms with Gasteiger partial charge in [-0.3, -0.25) is 4.79 Å². The standard InChI is InChI=1S/C13H15N3O/c1-16-8-14-11-7-9(5-6-12(11)16)13(17)15-10-3-2-4-10/h5-8,10H,2-4H2,1H3,(H,15,17). The Morgan fingerprint density at radius 3 is 3.00 bits per heavy atom. The summed E-state index contributed by atoms with van der Waals surface area (Å²) in [6.07, 6.45) is 5.21. The number of carbonyl (C=O) groups is 1. The highest BCUT2D eigenvalue weighted by atomic mass is 16.1. The Kier molecular flexibility index (Phi) is 2.35. The van der Waals surface area contributed by atoms with E-state index in [4.69, 9.17) is 0 Å². The van der Waals surface area contributed by atoms with E-state index in [1.54, 1.807) is 6.33 Å². The Morgan fingerprint density at radius 2 is 2.29 bits per heavy atom. The molecule has 0 saturated heterocycles. The van der Waals surface area contributed by atoms with E-state index in [1.807, 2.05) is 29.8 Å². The molecule has 0 aliphatic heterocycles. The molecule has 0 unspecified atom stereocenters. The lowest BCUT2D eigenvalue weighted by atomic mass is 9.93. The van der Waals surface area contributed by atoms with Crippen LogP contribution in [-0.4, -0.2) is 21.5 Å². The molecule has 2 aromatic rings. The smallest absolute Gasteiger partial charge is 0.251 e. The largest absolute Gasteiger partial charge is 0.349 e. The highest BCUT2D eigenvalue weighted by Crippen LogP contribution is 2.19. The summed E-state index contributed by atoms with van der Waals surface area (Å²) in [7, 11) is 1.95. The second-order valence-electron chi connectivity index (χ2n) is 4.66. The van der Waals surface area contributed by atoms with Gasteiger partial charge in [-0.15, -0.1) is 0 Å². The van der Waals surface area contributed by atoms with Crippen molar-refractivity contribution in [1.82, 2.24) is 14.9 Å². The van der Waals surface area contributed by atoms with E-state index in [-0.39, 0.29) is 5.91 Å². The van der Waals surface area contributed by atoms with Crippen LogP contribution in [0.25, 0.3) is 11.0 Å². The van der Waals surface area contributed by atoms with Crippen molar-refractivity contribution in [2.45, 2.75) is 25.3 Å². The van der Waals surface area contributed by atoms with Crippen LogP contribution in [0.1, 0.15) is 29.6 Å². The summed E-state index contributed by atoms with van der Waals surface area (Å²) in [6, 6.07) is 6.03. The lowest BCUT2D eigenvalue weighted by Crippen LogP contribution is -2.39. The van der Waals surface area contributed by atoms with Crippen LogP contribution in [0.3, 0.4) is 0 Å². The Hall–Kier alpha value is -1.84.